The predicted molar refractivity (Wildman–Crippen MR) is 105 cm³/mol. The molecule has 2 heterocycles. The van der Waals surface area contributed by atoms with Gasteiger partial charge in [-0.25, -0.2) is 0 Å². The first-order valence-corrected chi connectivity index (χ1v) is 9.06. The van der Waals surface area contributed by atoms with Gasteiger partial charge in [-0.2, -0.15) is 0 Å². The van der Waals surface area contributed by atoms with Crippen LogP contribution in [-0.2, 0) is 11.3 Å². The van der Waals surface area contributed by atoms with E-state index in [1.54, 1.807) is 60.7 Å². The van der Waals surface area contributed by atoms with Crippen LogP contribution < -0.4 is 20.3 Å². The fourth-order valence-corrected chi connectivity index (χ4v) is 3.12. The van der Waals surface area contributed by atoms with Crippen LogP contribution in [0.1, 0.15) is 22.0 Å². The average molecular weight is 390 g/mol. The summed E-state index contributed by atoms with van der Waals surface area (Å²) in [6, 6.07) is 17.0. The smallest absolute Gasteiger partial charge is 0.251 e. The Balaban J connectivity index is 1.59. The molecule has 3 aromatic rings. The van der Waals surface area contributed by atoms with Crippen LogP contribution in [0.25, 0.3) is 0 Å². The lowest BCUT2D eigenvalue weighted by Gasteiger charge is -2.18. The van der Waals surface area contributed by atoms with Crippen LogP contribution in [0.3, 0.4) is 0 Å². The molecule has 0 aliphatic carbocycles. The molecule has 0 radical (unpaired) electrons. The van der Waals surface area contributed by atoms with E-state index in [0.29, 0.717) is 17.1 Å². The van der Waals surface area contributed by atoms with Gasteiger partial charge < -0.3 is 14.8 Å². The van der Waals surface area contributed by atoms with E-state index in [4.69, 9.17) is 9.47 Å². The number of fused-ring (bicyclic) bond motifs is 1. The van der Waals surface area contributed by atoms with Crippen molar-refractivity contribution in [2.75, 3.05) is 6.79 Å². The topological polar surface area (TPSA) is 86.6 Å². The Kier molecular flexibility index (Phi) is 5.11. The summed E-state index contributed by atoms with van der Waals surface area (Å²) in [7, 11) is 0. The lowest BCUT2D eigenvalue weighted by atomic mass is 10.0. The number of benzene rings is 2. The second-order valence-corrected chi connectivity index (χ2v) is 6.48. The molecule has 1 aliphatic heterocycles. The fourth-order valence-electron chi connectivity index (χ4n) is 3.12. The molecule has 0 spiro atoms. The van der Waals surface area contributed by atoms with Crippen molar-refractivity contribution in [3.8, 4) is 11.5 Å². The molecule has 0 unspecified atom stereocenters. The first kappa shape index (κ1) is 18.5. The van der Waals surface area contributed by atoms with Crippen LogP contribution in [0, 0.1) is 0 Å². The molecule has 1 atom stereocenters. The molecule has 7 nitrogen and oxygen atoms in total. The third kappa shape index (κ3) is 3.89. The second-order valence-electron chi connectivity index (χ2n) is 6.48. The largest absolute Gasteiger partial charge is 0.454 e. The maximum absolute atomic E-state index is 13.0. The molecule has 1 amide bonds. The number of rotatable bonds is 6. The number of Topliss-reactive ketones (excluding diaryl/α,β-unsaturated/α-hetero) is 1. The van der Waals surface area contributed by atoms with Gasteiger partial charge in [-0.05, 0) is 23.8 Å². The van der Waals surface area contributed by atoms with E-state index in [1.165, 1.54) is 12.3 Å². The number of hydrogen-bond acceptors (Lipinski definition) is 5. The molecule has 7 heteroatoms. The number of ether oxygens (including phenoxy) is 2. The van der Waals surface area contributed by atoms with Crippen LogP contribution in [0.15, 0.2) is 77.7 Å². The molecule has 2 aromatic carbocycles. The fraction of sp³-hybridized carbons (Fsp3) is 0.136. The highest BCUT2D eigenvalue weighted by Crippen LogP contribution is 2.32. The van der Waals surface area contributed by atoms with Crippen LogP contribution in [0.2, 0.25) is 0 Å². The van der Waals surface area contributed by atoms with Crippen molar-refractivity contribution in [2.24, 2.45) is 0 Å². The van der Waals surface area contributed by atoms with E-state index in [9.17, 15) is 14.4 Å². The van der Waals surface area contributed by atoms with Crippen LogP contribution >= 0.6 is 0 Å². The molecule has 29 heavy (non-hydrogen) atoms. The van der Waals surface area contributed by atoms with E-state index in [1.807, 2.05) is 0 Å². The van der Waals surface area contributed by atoms with Gasteiger partial charge in [0, 0.05) is 24.4 Å². The monoisotopic (exact) mass is 390 g/mol. The van der Waals surface area contributed by atoms with Gasteiger partial charge in [0.05, 0.1) is 0 Å². The summed E-state index contributed by atoms with van der Waals surface area (Å²) >= 11 is 0. The minimum Gasteiger partial charge on any atom is -0.454 e. The van der Waals surface area contributed by atoms with E-state index in [2.05, 4.69) is 5.32 Å². The zero-order valence-electron chi connectivity index (χ0n) is 15.4. The van der Waals surface area contributed by atoms with Gasteiger partial charge >= 0.3 is 0 Å². The summed E-state index contributed by atoms with van der Waals surface area (Å²) in [6.45, 7) is 0.339. The molecule has 1 aromatic heterocycles. The molecule has 0 saturated carbocycles. The van der Waals surface area contributed by atoms with E-state index in [-0.39, 0.29) is 13.3 Å². The molecule has 0 fully saturated rings. The van der Waals surface area contributed by atoms with Gasteiger partial charge in [0.1, 0.15) is 0 Å². The van der Waals surface area contributed by atoms with Gasteiger partial charge in [0.2, 0.25) is 6.79 Å². The number of nitrogens with zero attached hydrogens (tertiary/aromatic N) is 1. The molecule has 1 aliphatic rings. The predicted octanol–water partition coefficient (Wildman–Crippen LogP) is 2.32. The molecule has 0 bridgehead atoms. The number of aromatic nitrogens is 1. The first-order valence-electron chi connectivity index (χ1n) is 9.06. The van der Waals surface area contributed by atoms with Gasteiger partial charge in [-0.1, -0.05) is 42.5 Å². The number of ketones is 1. The third-order valence-electron chi connectivity index (χ3n) is 4.59. The lowest BCUT2D eigenvalue weighted by Crippen LogP contribution is -2.41. The van der Waals surface area contributed by atoms with Crippen molar-refractivity contribution >= 4 is 11.7 Å². The van der Waals surface area contributed by atoms with Crippen molar-refractivity contribution in [1.82, 2.24) is 9.88 Å². The second kappa shape index (κ2) is 8.02. The summed E-state index contributed by atoms with van der Waals surface area (Å²) in [4.78, 5) is 38.3. The van der Waals surface area contributed by atoms with Crippen LogP contribution in [0.5, 0.6) is 11.5 Å². The van der Waals surface area contributed by atoms with E-state index >= 15 is 0 Å². The van der Waals surface area contributed by atoms with Crippen molar-refractivity contribution in [2.45, 2.75) is 12.6 Å². The number of carbonyl (C=O) groups excluding carboxylic acids is 2. The Labute approximate surface area is 166 Å². The lowest BCUT2D eigenvalue weighted by molar-refractivity contribution is -0.123. The van der Waals surface area contributed by atoms with Crippen molar-refractivity contribution in [3.63, 3.8) is 0 Å². The Morgan fingerprint density at radius 3 is 2.52 bits per heavy atom. The highest BCUT2D eigenvalue weighted by atomic mass is 16.7. The SMILES string of the molecule is O=C(NCc1ccc2c(c1)OCO2)[C@@H](C(=O)c1ccccc1)n1ccccc1=O. The Morgan fingerprint density at radius 1 is 0.966 bits per heavy atom. The number of nitrogens with one attached hydrogen (secondary N) is 1. The minimum atomic E-state index is -1.31. The van der Waals surface area contributed by atoms with Gasteiger partial charge in [-0.3, -0.25) is 19.0 Å². The zero-order chi connectivity index (χ0) is 20.2. The molecule has 146 valence electrons. The quantitative estimate of drug-likeness (QED) is 0.516. The molecular weight excluding hydrogens is 372 g/mol. The number of carbonyl (C=O) groups is 2. The Hall–Kier alpha value is -3.87. The summed E-state index contributed by atoms with van der Waals surface area (Å²) < 4.78 is 11.8. The Bertz CT molecular complexity index is 1110. The normalized spacial score (nSPS) is 13.0. The van der Waals surface area contributed by atoms with Crippen LogP contribution in [-0.4, -0.2) is 23.1 Å². The standard InChI is InChI=1S/C22H18N2O5/c25-19-8-4-5-11-24(19)20(21(26)16-6-2-1-3-7-16)22(27)23-13-15-9-10-17-18(12-15)29-14-28-17/h1-12,20H,13-14H2,(H,23,27)/t20-/m1/s1. The molecule has 1 N–H and O–H groups in total. The third-order valence-corrected chi connectivity index (χ3v) is 4.59. The van der Waals surface area contributed by atoms with E-state index < -0.39 is 23.3 Å². The first-order chi connectivity index (χ1) is 14.1. The number of pyridine rings is 1. The van der Waals surface area contributed by atoms with Crippen LogP contribution in [0.4, 0.5) is 0 Å². The average Bonchev–Trinajstić information content (AvgIpc) is 3.22. The molecular formula is C22H18N2O5. The van der Waals surface area contributed by atoms with Crippen molar-refractivity contribution in [1.29, 1.82) is 0 Å². The zero-order valence-corrected chi connectivity index (χ0v) is 15.4. The van der Waals surface area contributed by atoms with Gasteiger partial charge in [-0.15, -0.1) is 0 Å². The maximum atomic E-state index is 13.0. The number of amides is 1. The molecule has 0 saturated heterocycles. The van der Waals surface area contributed by atoms with Gasteiger partial charge in [0.25, 0.3) is 11.5 Å². The van der Waals surface area contributed by atoms with Crippen molar-refractivity contribution < 1.29 is 19.1 Å². The number of hydrogen-bond donors (Lipinski definition) is 1. The minimum absolute atomic E-state index is 0.162. The highest BCUT2D eigenvalue weighted by molar-refractivity contribution is 6.11. The maximum Gasteiger partial charge on any atom is 0.251 e. The van der Waals surface area contributed by atoms with Gasteiger partial charge in [0.15, 0.2) is 23.3 Å². The summed E-state index contributed by atoms with van der Waals surface area (Å²) in [6.07, 6.45) is 1.44. The molecule has 4 rings (SSSR count). The summed E-state index contributed by atoms with van der Waals surface area (Å²) in [5.41, 5.74) is 0.709. The van der Waals surface area contributed by atoms with E-state index in [0.717, 1.165) is 10.1 Å². The summed E-state index contributed by atoms with van der Waals surface area (Å²) in [5, 5.41) is 2.75. The Morgan fingerprint density at radius 2 is 1.72 bits per heavy atom. The highest BCUT2D eigenvalue weighted by Gasteiger charge is 2.30. The van der Waals surface area contributed by atoms with Crippen molar-refractivity contribution in [3.05, 3.63) is 94.4 Å². The summed E-state index contributed by atoms with van der Waals surface area (Å²) in [5.74, 6) is 0.230.